The van der Waals surface area contributed by atoms with Crippen LogP contribution in [0, 0.1) is 0 Å². The number of benzene rings is 1. The maximum atomic E-state index is 15.2. The minimum Gasteiger partial charge on any atom is -0.215 e. The van der Waals surface area contributed by atoms with Gasteiger partial charge in [-0.2, -0.15) is 0 Å². The van der Waals surface area contributed by atoms with Crippen LogP contribution in [0.5, 0.6) is 0 Å². The molecule has 0 amide bonds. The highest BCUT2D eigenvalue weighted by Crippen LogP contribution is 2.59. The van der Waals surface area contributed by atoms with E-state index in [1.165, 1.54) is 6.21 Å². The second-order valence-electron chi connectivity index (χ2n) is 7.10. The Kier molecular flexibility index (Phi) is 5.15. The summed E-state index contributed by atoms with van der Waals surface area (Å²) in [5.74, 6) is -2.60. The van der Waals surface area contributed by atoms with E-state index >= 15 is 8.78 Å². The monoisotopic (exact) mass is 408 g/mol. The lowest BCUT2D eigenvalue weighted by atomic mass is 9.64. The molecule has 0 saturated carbocycles. The zero-order valence-electron chi connectivity index (χ0n) is 16.0. The van der Waals surface area contributed by atoms with Crippen LogP contribution in [-0.4, -0.2) is 12.4 Å². The van der Waals surface area contributed by atoms with Crippen molar-refractivity contribution in [2.45, 2.75) is 18.3 Å². The molecule has 1 heterocycles. The summed E-state index contributed by atoms with van der Waals surface area (Å²) in [6.45, 7) is 3.73. The van der Waals surface area contributed by atoms with E-state index < -0.39 is 22.6 Å². The van der Waals surface area contributed by atoms with Gasteiger partial charge in [-0.25, -0.2) is 17.6 Å². The minimum absolute atomic E-state index is 0.0273. The topological polar surface area (TPSA) is 14.1 Å². The molecule has 3 aliphatic rings. The summed E-state index contributed by atoms with van der Waals surface area (Å²) in [5.41, 5.74) is 1.96. The molecule has 0 fully saturated rings. The van der Waals surface area contributed by atoms with Crippen molar-refractivity contribution in [2.75, 3.05) is 0 Å². The van der Waals surface area contributed by atoms with E-state index in [2.05, 4.69) is 11.2 Å². The third-order valence-electron chi connectivity index (χ3n) is 5.69. The van der Waals surface area contributed by atoms with Crippen LogP contribution in [-0.2, 0) is 5.41 Å². The Morgan fingerprint density at radius 3 is 2.43 bits per heavy atom. The molecule has 1 aromatic carbocycles. The molecule has 0 aromatic heterocycles. The number of fused-ring (bicyclic) bond motifs is 2. The Morgan fingerprint density at radius 2 is 1.77 bits per heavy atom. The lowest BCUT2D eigenvalue weighted by molar-refractivity contribution is 0.535. The van der Waals surface area contributed by atoms with Crippen molar-refractivity contribution in [3.63, 3.8) is 0 Å². The standard InChI is InChI=1S/C25H18F4N/c1-2-16-7-9-17(10-8-16)25(24(23(29)13-27)22(28)11-12-26)20-6-4-3-5-18(20)19-14-30-15-21(19)25/h2,5-15H,1,3-4H2/q+1/b12-11+,23-13-,24-22-. The van der Waals surface area contributed by atoms with E-state index in [4.69, 9.17) is 0 Å². The number of hydrogen-bond acceptors (Lipinski definition) is 0. The third-order valence-corrected chi connectivity index (χ3v) is 5.69. The molecule has 5 heteroatoms. The first-order valence-electron chi connectivity index (χ1n) is 9.48. The Hall–Kier alpha value is -3.43. The van der Waals surface area contributed by atoms with Crippen LogP contribution >= 0.6 is 0 Å². The number of rotatable bonds is 5. The Morgan fingerprint density at radius 1 is 1.03 bits per heavy atom. The predicted octanol–water partition coefficient (Wildman–Crippen LogP) is 6.23. The van der Waals surface area contributed by atoms with Gasteiger partial charge < -0.3 is 0 Å². The highest BCUT2D eigenvalue weighted by molar-refractivity contribution is 6.09. The van der Waals surface area contributed by atoms with Gasteiger partial charge in [0, 0.05) is 11.6 Å². The van der Waals surface area contributed by atoms with Crippen LogP contribution < -0.4 is 4.67 Å². The summed E-state index contributed by atoms with van der Waals surface area (Å²) >= 11 is 0. The van der Waals surface area contributed by atoms with E-state index in [9.17, 15) is 8.78 Å². The smallest absolute Gasteiger partial charge is 0.215 e. The van der Waals surface area contributed by atoms with E-state index in [0.717, 1.165) is 23.1 Å². The highest BCUT2D eigenvalue weighted by atomic mass is 19.2. The van der Waals surface area contributed by atoms with Crippen molar-refractivity contribution in [1.29, 1.82) is 0 Å². The molecular weight excluding hydrogens is 390 g/mol. The van der Waals surface area contributed by atoms with E-state index in [0.29, 0.717) is 29.2 Å². The molecule has 1 atom stereocenters. The molecule has 30 heavy (non-hydrogen) atoms. The fourth-order valence-corrected chi connectivity index (χ4v) is 4.53. The number of halogens is 4. The van der Waals surface area contributed by atoms with Gasteiger partial charge in [-0.3, -0.25) is 0 Å². The molecule has 0 saturated heterocycles. The van der Waals surface area contributed by atoms with Crippen LogP contribution in [0.25, 0.3) is 6.08 Å². The second-order valence-corrected chi connectivity index (χ2v) is 7.10. The molecule has 1 nitrogen and oxygen atoms in total. The molecule has 1 aliphatic heterocycles. The van der Waals surface area contributed by atoms with Crippen molar-refractivity contribution in [3.05, 3.63) is 112 Å². The Bertz CT molecular complexity index is 1170. The summed E-state index contributed by atoms with van der Waals surface area (Å²) < 4.78 is 60.8. The summed E-state index contributed by atoms with van der Waals surface area (Å²) in [5, 5.41) is 0. The van der Waals surface area contributed by atoms with Gasteiger partial charge in [-0.05, 0) is 35.1 Å². The summed E-state index contributed by atoms with van der Waals surface area (Å²) in [6, 6.07) is 6.99. The van der Waals surface area contributed by atoms with Gasteiger partial charge in [0.05, 0.1) is 22.9 Å². The molecule has 0 spiro atoms. The highest BCUT2D eigenvalue weighted by Gasteiger charge is 2.56. The molecule has 4 rings (SSSR count). The average molecular weight is 408 g/mol. The molecular formula is C25H18F4N+. The predicted molar refractivity (Wildman–Crippen MR) is 114 cm³/mol. The van der Waals surface area contributed by atoms with Crippen LogP contribution in [0.1, 0.15) is 24.0 Å². The van der Waals surface area contributed by atoms with Gasteiger partial charge in [0.25, 0.3) is 6.21 Å². The summed E-state index contributed by atoms with van der Waals surface area (Å²) in [4.78, 5) is 0. The van der Waals surface area contributed by atoms with Crippen molar-refractivity contribution in [1.82, 2.24) is 4.67 Å². The van der Waals surface area contributed by atoms with Gasteiger partial charge >= 0.3 is 6.21 Å². The van der Waals surface area contributed by atoms with Crippen molar-refractivity contribution >= 4 is 18.5 Å². The van der Waals surface area contributed by atoms with Crippen molar-refractivity contribution in [2.24, 2.45) is 0 Å². The second kappa shape index (κ2) is 7.77. The molecule has 150 valence electrons. The normalized spacial score (nSPS) is 23.4. The number of allylic oxidation sites excluding steroid dienone is 10. The lowest BCUT2D eigenvalue weighted by Crippen LogP contribution is -2.33. The van der Waals surface area contributed by atoms with Crippen molar-refractivity contribution in [3.8, 4) is 0 Å². The van der Waals surface area contributed by atoms with Crippen LogP contribution in [0.2, 0.25) is 0 Å². The minimum atomic E-state index is -1.51. The fourth-order valence-electron chi connectivity index (χ4n) is 4.53. The quantitative estimate of drug-likeness (QED) is 0.311. The van der Waals surface area contributed by atoms with Crippen molar-refractivity contribution < 1.29 is 17.6 Å². The Balaban J connectivity index is 2.15. The van der Waals surface area contributed by atoms with Crippen LogP contribution in [0.3, 0.4) is 0 Å². The first kappa shape index (κ1) is 19.9. The van der Waals surface area contributed by atoms with Gasteiger partial charge in [0.15, 0.2) is 5.83 Å². The zero-order valence-corrected chi connectivity index (χ0v) is 16.0. The van der Waals surface area contributed by atoms with E-state index in [-0.39, 0.29) is 12.7 Å². The first-order valence-corrected chi connectivity index (χ1v) is 9.48. The van der Waals surface area contributed by atoms with E-state index in [1.807, 2.05) is 12.2 Å². The summed E-state index contributed by atoms with van der Waals surface area (Å²) in [7, 11) is 0. The maximum absolute atomic E-state index is 15.2. The van der Waals surface area contributed by atoms with Crippen LogP contribution in [0.4, 0.5) is 17.6 Å². The summed E-state index contributed by atoms with van der Waals surface area (Å²) in [6.07, 6.45) is 10.3. The molecule has 2 aliphatic carbocycles. The van der Waals surface area contributed by atoms with E-state index in [1.54, 1.807) is 36.6 Å². The largest absolute Gasteiger partial charge is 0.300 e. The van der Waals surface area contributed by atoms with Gasteiger partial charge in [-0.1, -0.05) is 53.7 Å². The number of nitrogens with zero attached hydrogens (tertiary/aromatic N) is 1. The first-order chi connectivity index (χ1) is 14.6. The molecule has 0 radical (unpaired) electrons. The van der Waals surface area contributed by atoms with Gasteiger partial charge in [0.2, 0.25) is 0 Å². The third kappa shape index (κ3) is 2.74. The molecule has 0 bridgehead atoms. The molecule has 0 N–H and O–H groups in total. The average Bonchev–Trinajstić information content (AvgIpc) is 3.36. The van der Waals surface area contributed by atoms with Gasteiger partial charge in [0.1, 0.15) is 12.2 Å². The number of hydrogen-bond donors (Lipinski definition) is 0. The maximum Gasteiger partial charge on any atom is 0.300 e. The zero-order chi connectivity index (χ0) is 21.3. The Labute approximate surface area is 171 Å². The lowest BCUT2D eigenvalue weighted by Gasteiger charge is -2.35. The van der Waals surface area contributed by atoms with Gasteiger partial charge in [-0.15, -0.1) is 0 Å². The molecule has 1 unspecified atom stereocenters. The fraction of sp³-hybridized carbons (Fsp3) is 0.120. The molecule has 1 aromatic rings. The SMILES string of the molecule is C=Cc1ccc(C2(C(/C(F)=C/F)=C(F)/C=C/F)C3=CCCC=C3C3=C2C=[N+]=C3)cc1. The van der Waals surface area contributed by atoms with Crippen LogP contribution in [0.15, 0.2) is 101 Å².